The molecular weight excluding hydrogens is 638 g/mol. The first kappa shape index (κ1) is 34.0. The maximum absolute atomic E-state index is 13.0. The number of likely N-dealkylation sites (N-methyl/N-ethyl adjacent to an activating group) is 1. The van der Waals surface area contributed by atoms with Gasteiger partial charge < -0.3 is 29.5 Å². The van der Waals surface area contributed by atoms with E-state index in [4.69, 9.17) is 25.8 Å². The zero-order valence-electron chi connectivity index (χ0n) is 29.1. The third kappa shape index (κ3) is 6.96. The minimum atomic E-state index is -1.07. The van der Waals surface area contributed by atoms with Crippen LogP contribution in [0.25, 0.3) is 0 Å². The highest BCUT2D eigenvalue weighted by atomic mass is 35.5. The molecule has 1 aromatic heterocycles. The number of anilines is 1. The molecule has 2 heterocycles. The number of aromatic nitrogens is 1. The van der Waals surface area contributed by atoms with Crippen LogP contribution < -0.4 is 19.5 Å². The second-order valence-corrected chi connectivity index (χ2v) is 15.7. The van der Waals surface area contributed by atoms with Crippen LogP contribution in [-0.2, 0) is 29.5 Å². The fourth-order valence-corrected chi connectivity index (χ4v) is 9.24. The smallest absolute Gasteiger partial charge is 0.329 e. The van der Waals surface area contributed by atoms with Crippen molar-refractivity contribution < 1.29 is 24.1 Å². The van der Waals surface area contributed by atoms with E-state index in [1.54, 1.807) is 0 Å². The lowest BCUT2D eigenvalue weighted by molar-refractivity contribution is -0.144. The number of rotatable bonds is 10. The zero-order chi connectivity index (χ0) is 34.2. The zero-order valence-corrected chi connectivity index (χ0v) is 29.9. The van der Waals surface area contributed by atoms with Gasteiger partial charge in [0, 0.05) is 41.1 Å². The SMILES string of the molecule is C[C@@H](COc1ccnc2c1CCCC2)CC1Cc2cc3c(cc2C12CCC(Nc1cccc(Cl)c1)(C(=O)O)CC2)OCCC(CN(C)C)O3. The second-order valence-electron chi connectivity index (χ2n) is 15.3. The standard InChI is InChI=1S/C40H50ClN3O5/c1-26(25-48-35-11-17-42-34-10-5-4-9-32(34)35)19-28-20-27-21-37-36(47-18-12-31(49-37)24-44(2)3)23-33(27)39(28)13-15-40(16-14-39,38(45)46)43-30-8-6-7-29(41)22-30/h6-8,11,17,21-23,26,28,31,43H,4-5,9-10,12-16,18-20,24-25H2,1-3H3,(H,45,46)/t26-,28?,31?,39?,40?/m1/s1. The molecule has 4 aliphatic rings. The van der Waals surface area contributed by atoms with E-state index >= 15 is 0 Å². The highest BCUT2D eigenvalue weighted by molar-refractivity contribution is 6.30. The fourth-order valence-electron chi connectivity index (χ4n) is 9.05. The number of aryl methyl sites for hydroxylation is 1. The van der Waals surface area contributed by atoms with Crippen LogP contribution in [0, 0.1) is 11.8 Å². The molecule has 8 nitrogen and oxygen atoms in total. The van der Waals surface area contributed by atoms with Gasteiger partial charge in [0.1, 0.15) is 17.4 Å². The number of ether oxygens (including phenoxy) is 3. The van der Waals surface area contributed by atoms with Gasteiger partial charge in [0.05, 0.1) is 13.2 Å². The number of carbonyl (C=O) groups is 1. The predicted molar refractivity (Wildman–Crippen MR) is 192 cm³/mol. The van der Waals surface area contributed by atoms with Gasteiger partial charge in [0.2, 0.25) is 0 Å². The Hall–Kier alpha value is -3.49. The lowest BCUT2D eigenvalue weighted by Gasteiger charge is -2.47. The van der Waals surface area contributed by atoms with Gasteiger partial charge in [-0.1, -0.05) is 24.6 Å². The number of nitrogens with zero attached hydrogens (tertiary/aromatic N) is 2. The molecule has 0 bridgehead atoms. The van der Waals surface area contributed by atoms with Gasteiger partial charge in [0.15, 0.2) is 11.5 Å². The van der Waals surface area contributed by atoms with E-state index in [1.807, 2.05) is 36.5 Å². The molecule has 3 aliphatic carbocycles. The summed E-state index contributed by atoms with van der Waals surface area (Å²) in [5, 5.41) is 14.6. The van der Waals surface area contributed by atoms with Crippen molar-refractivity contribution in [2.24, 2.45) is 11.8 Å². The normalized spacial score (nSPS) is 26.5. The third-order valence-electron chi connectivity index (χ3n) is 11.5. The largest absolute Gasteiger partial charge is 0.493 e. The molecule has 1 aliphatic heterocycles. The minimum absolute atomic E-state index is 0.0694. The molecule has 3 aromatic rings. The Labute approximate surface area is 295 Å². The van der Waals surface area contributed by atoms with Gasteiger partial charge in [-0.05, 0) is 143 Å². The number of aliphatic carboxylic acids is 1. The molecule has 9 heteroatoms. The van der Waals surface area contributed by atoms with Crippen molar-refractivity contribution in [3.8, 4) is 17.2 Å². The number of hydrogen-bond donors (Lipinski definition) is 2. The third-order valence-corrected chi connectivity index (χ3v) is 11.8. The summed E-state index contributed by atoms with van der Waals surface area (Å²) in [4.78, 5) is 19.8. The molecule has 1 fully saturated rings. The lowest BCUT2D eigenvalue weighted by atomic mass is 9.59. The molecule has 1 spiro atoms. The van der Waals surface area contributed by atoms with Crippen LogP contribution in [0.15, 0.2) is 48.7 Å². The number of carboxylic acid groups (broad SMARTS) is 1. The van der Waals surface area contributed by atoms with Crippen LogP contribution in [-0.4, -0.2) is 66.5 Å². The first-order valence-corrected chi connectivity index (χ1v) is 18.5. The van der Waals surface area contributed by atoms with E-state index in [-0.39, 0.29) is 11.5 Å². The summed E-state index contributed by atoms with van der Waals surface area (Å²) in [5.74, 6) is 2.47. The molecular formula is C40H50ClN3O5. The highest BCUT2D eigenvalue weighted by Gasteiger charge is 2.54. The van der Waals surface area contributed by atoms with Crippen molar-refractivity contribution in [2.75, 3.05) is 39.2 Å². The number of halogens is 1. The first-order valence-electron chi connectivity index (χ1n) is 18.1. The van der Waals surface area contributed by atoms with Gasteiger partial charge in [-0.2, -0.15) is 0 Å². The monoisotopic (exact) mass is 687 g/mol. The summed E-state index contributed by atoms with van der Waals surface area (Å²) in [6, 6.07) is 13.9. The van der Waals surface area contributed by atoms with Crippen molar-refractivity contribution >= 4 is 23.3 Å². The average Bonchev–Trinajstić information content (AvgIpc) is 3.20. The molecule has 0 saturated heterocycles. The van der Waals surface area contributed by atoms with E-state index in [0.29, 0.717) is 42.9 Å². The Morgan fingerprint density at radius 1 is 1.12 bits per heavy atom. The van der Waals surface area contributed by atoms with Crippen LogP contribution in [0.4, 0.5) is 5.69 Å². The summed E-state index contributed by atoms with van der Waals surface area (Å²) >= 11 is 6.29. The van der Waals surface area contributed by atoms with E-state index in [0.717, 1.165) is 74.4 Å². The Kier molecular flexibility index (Phi) is 9.73. The first-order chi connectivity index (χ1) is 23.6. The summed E-state index contributed by atoms with van der Waals surface area (Å²) < 4.78 is 19.4. The van der Waals surface area contributed by atoms with Gasteiger partial charge in [0.25, 0.3) is 0 Å². The molecule has 262 valence electrons. The van der Waals surface area contributed by atoms with Crippen molar-refractivity contribution in [1.29, 1.82) is 0 Å². The van der Waals surface area contributed by atoms with Crippen molar-refractivity contribution in [2.45, 2.75) is 94.6 Å². The van der Waals surface area contributed by atoms with E-state index in [9.17, 15) is 9.90 Å². The quantitative estimate of drug-likeness (QED) is 0.224. The Bertz CT molecular complexity index is 1670. The number of nitrogens with one attached hydrogen (secondary N) is 1. The van der Waals surface area contributed by atoms with Gasteiger partial charge in [-0.25, -0.2) is 4.79 Å². The van der Waals surface area contributed by atoms with Crippen LogP contribution in [0.5, 0.6) is 17.2 Å². The minimum Gasteiger partial charge on any atom is -0.493 e. The van der Waals surface area contributed by atoms with Gasteiger partial charge in [-0.3, -0.25) is 4.98 Å². The lowest BCUT2D eigenvalue weighted by Crippen LogP contribution is -2.53. The maximum Gasteiger partial charge on any atom is 0.329 e. The topological polar surface area (TPSA) is 93.2 Å². The number of hydrogen-bond acceptors (Lipinski definition) is 7. The Morgan fingerprint density at radius 2 is 1.94 bits per heavy atom. The summed E-state index contributed by atoms with van der Waals surface area (Å²) in [5.41, 5.74) is 4.59. The van der Waals surface area contributed by atoms with E-state index in [2.05, 4.69) is 48.4 Å². The molecule has 0 radical (unpaired) electrons. The van der Waals surface area contributed by atoms with Crippen molar-refractivity contribution in [1.82, 2.24) is 9.88 Å². The van der Waals surface area contributed by atoms with Crippen LogP contribution in [0.3, 0.4) is 0 Å². The number of pyridine rings is 1. The van der Waals surface area contributed by atoms with Crippen molar-refractivity contribution in [3.63, 3.8) is 0 Å². The fraction of sp³-hybridized carbons (Fsp3) is 0.550. The number of carboxylic acids is 1. The molecule has 3 atom stereocenters. The number of fused-ring (bicyclic) bond motifs is 4. The molecule has 1 saturated carbocycles. The van der Waals surface area contributed by atoms with E-state index < -0.39 is 11.5 Å². The highest BCUT2D eigenvalue weighted by Crippen LogP contribution is 2.58. The molecule has 49 heavy (non-hydrogen) atoms. The second kappa shape index (κ2) is 14.0. The molecule has 2 N–H and O–H groups in total. The van der Waals surface area contributed by atoms with Gasteiger partial charge in [-0.15, -0.1) is 0 Å². The van der Waals surface area contributed by atoms with Gasteiger partial charge >= 0.3 is 5.97 Å². The molecule has 2 aromatic carbocycles. The summed E-state index contributed by atoms with van der Waals surface area (Å²) in [6.45, 7) is 4.38. The Morgan fingerprint density at radius 3 is 2.71 bits per heavy atom. The summed E-state index contributed by atoms with van der Waals surface area (Å²) in [6.07, 6.45) is 11.7. The van der Waals surface area contributed by atoms with Crippen LogP contribution in [0.1, 0.15) is 80.7 Å². The number of benzene rings is 2. The molecule has 0 amide bonds. The average molecular weight is 688 g/mol. The van der Waals surface area contributed by atoms with E-state index in [1.165, 1.54) is 35.2 Å². The van der Waals surface area contributed by atoms with Crippen LogP contribution >= 0.6 is 11.6 Å². The molecule has 7 rings (SSSR count). The van der Waals surface area contributed by atoms with Crippen LogP contribution in [0.2, 0.25) is 5.02 Å². The summed E-state index contributed by atoms with van der Waals surface area (Å²) in [7, 11) is 4.14. The maximum atomic E-state index is 13.0. The Balaban J connectivity index is 1.16. The van der Waals surface area contributed by atoms with Crippen molar-refractivity contribution in [3.05, 3.63) is 76.1 Å². The predicted octanol–water partition coefficient (Wildman–Crippen LogP) is 7.73. The molecule has 2 unspecified atom stereocenters.